The van der Waals surface area contributed by atoms with E-state index in [1.165, 1.54) is 6.92 Å². The molecule has 0 aromatic heterocycles. The second-order valence-corrected chi connectivity index (χ2v) is 5.08. The molecule has 1 heterocycles. The Labute approximate surface area is 118 Å². The van der Waals surface area contributed by atoms with Gasteiger partial charge in [-0.05, 0) is 25.2 Å². The van der Waals surface area contributed by atoms with Gasteiger partial charge in [0, 0.05) is 39.5 Å². The van der Waals surface area contributed by atoms with E-state index >= 15 is 0 Å². The summed E-state index contributed by atoms with van der Waals surface area (Å²) in [6, 6.07) is -0.118. The Morgan fingerprint density at radius 1 is 1.15 bits per heavy atom. The SMILES string of the molecule is CC(=O)NCCNC(=O)N1CCC(CCC(=O)O)CC1. The van der Waals surface area contributed by atoms with Crippen molar-refractivity contribution in [2.24, 2.45) is 5.92 Å². The molecule has 1 rings (SSSR count). The molecule has 0 bridgehead atoms. The summed E-state index contributed by atoms with van der Waals surface area (Å²) in [5.41, 5.74) is 0. The van der Waals surface area contributed by atoms with Crippen LogP contribution >= 0.6 is 0 Å². The van der Waals surface area contributed by atoms with Crippen molar-refractivity contribution in [3.63, 3.8) is 0 Å². The van der Waals surface area contributed by atoms with Gasteiger partial charge in [0.25, 0.3) is 0 Å². The maximum atomic E-state index is 11.8. The van der Waals surface area contributed by atoms with Gasteiger partial charge in [-0.2, -0.15) is 0 Å². The molecule has 0 aliphatic carbocycles. The molecule has 1 aliphatic heterocycles. The summed E-state index contributed by atoms with van der Waals surface area (Å²) in [6.45, 7) is 3.60. The van der Waals surface area contributed by atoms with Crippen LogP contribution in [0.25, 0.3) is 0 Å². The molecule has 0 saturated carbocycles. The lowest BCUT2D eigenvalue weighted by Gasteiger charge is -2.31. The number of carboxylic acid groups (broad SMARTS) is 1. The zero-order chi connectivity index (χ0) is 15.0. The maximum absolute atomic E-state index is 11.8. The lowest BCUT2D eigenvalue weighted by atomic mass is 9.92. The maximum Gasteiger partial charge on any atom is 0.317 e. The highest BCUT2D eigenvalue weighted by molar-refractivity contribution is 5.75. The monoisotopic (exact) mass is 285 g/mol. The van der Waals surface area contributed by atoms with E-state index in [1.54, 1.807) is 4.90 Å². The number of carboxylic acids is 1. The highest BCUT2D eigenvalue weighted by Crippen LogP contribution is 2.21. The van der Waals surface area contributed by atoms with Crippen LogP contribution < -0.4 is 10.6 Å². The summed E-state index contributed by atoms with van der Waals surface area (Å²) in [7, 11) is 0. The molecular formula is C13H23N3O4. The fraction of sp³-hybridized carbons (Fsp3) is 0.769. The first-order chi connectivity index (χ1) is 9.49. The van der Waals surface area contributed by atoms with Crippen molar-refractivity contribution in [2.45, 2.75) is 32.6 Å². The zero-order valence-corrected chi connectivity index (χ0v) is 11.9. The molecule has 0 atom stereocenters. The molecule has 20 heavy (non-hydrogen) atoms. The topological polar surface area (TPSA) is 98.7 Å². The van der Waals surface area contributed by atoms with E-state index in [2.05, 4.69) is 10.6 Å². The minimum atomic E-state index is -0.761. The van der Waals surface area contributed by atoms with E-state index < -0.39 is 5.97 Å². The van der Waals surface area contributed by atoms with Crippen LogP contribution in [-0.4, -0.2) is 54.1 Å². The third-order valence-electron chi connectivity index (χ3n) is 3.44. The summed E-state index contributed by atoms with van der Waals surface area (Å²) in [4.78, 5) is 34.7. The first kappa shape index (κ1) is 16.3. The van der Waals surface area contributed by atoms with Crippen molar-refractivity contribution in [3.05, 3.63) is 0 Å². The Morgan fingerprint density at radius 3 is 2.30 bits per heavy atom. The van der Waals surface area contributed by atoms with Gasteiger partial charge in [0.05, 0.1) is 0 Å². The van der Waals surface area contributed by atoms with E-state index in [4.69, 9.17) is 5.11 Å². The number of nitrogens with one attached hydrogen (secondary N) is 2. The van der Waals surface area contributed by atoms with Crippen LogP contribution in [0.1, 0.15) is 32.6 Å². The third kappa shape index (κ3) is 6.40. The Morgan fingerprint density at radius 2 is 1.75 bits per heavy atom. The number of likely N-dealkylation sites (tertiary alicyclic amines) is 1. The average molecular weight is 285 g/mol. The second kappa shape index (κ2) is 8.39. The minimum Gasteiger partial charge on any atom is -0.481 e. The van der Waals surface area contributed by atoms with Gasteiger partial charge in [0.2, 0.25) is 5.91 Å². The van der Waals surface area contributed by atoms with Crippen LogP contribution in [0.4, 0.5) is 4.79 Å². The van der Waals surface area contributed by atoms with Crippen LogP contribution in [0.5, 0.6) is 0 Å². The lowest BCUT2D eigenvalue weighted by Crippen LogP contribution is -2.46. The van der Waals surface area contributed by atoms with Crippen molar-refractivity contribution in [2.75, 3.05) is 26.2 Å². The van der Waals surface area contributed by atoms with Gasteiger partial charge in [0.15, 0.2) is 0 Å². The van der Waals surface area contributed by atoms with Crippen molar-refractivity contribution >= 4 is 17.9 Å². The molecule has 1 fully saturated rings. The summed E-state index contributed by atoms with van der Waals surface area (Å²) in [5, 5.41) is 14.0. The Kier molecular flexibility index (Phi) is 6.83. The van der Waals surface area contributed by atoms with E-state index in [0.717, 1.165) is 12.8 Å². The first-order valence-corrected chi connectivity index (χ1v) is 6.98. The Bertz CT molecular complexity index is 352. The highest BCUT2D eigenvalue weighted by Gasteiger charge is 2.22. The minimum absolute atomic E-state index is 0.113. The number of rotatable bonds is 6. The largest absolute Gasteiger partial charge is 0.481 e. The van der Waals surface area contributed by atoms with Crippen molar-refractivity contribution in [1.29, 1.82) is 0 Å². The number of nitrogens with zero attached hydrogens (tertiary/aromatic N) is 1. The normalized spacial score (nSPS) is 15.8. The van der Waals surface area contributed by atoms with Gasteiger partial charge >= 0.3 is 12.0 Å². The Balaban J connectivity index is 2.15. The third-order valence-corrected chi connectivity index (χ3v) is 3.44. The van der Waals surface area contributed by atoms with Gasteiger partial charge in [-0.15, -0.1) is 0 Å². The zero-order valence-electron chi connectivity index (χ0n) is 11.9. The summed E-state index contributed by atoms with van der Waals surface area (Å²) in [5.74, 6) is -0.476. The van der Waals surface area contributed by atoms with Crippen LogP contribution in [0.2, 0.25) is 0 Å². The van der Waals surface area contributed by atoms with Crippen LogP contribution in [0.15, 0.2) is 0 Å². The molecule has 0 unspecified atom stereocenters. The van der Waals surface area contributed by atoms with Crippen LogP contribution in [-0.2, 0) is 9.59 Å². The predicted octanol–water partition coefficient (Wildman–Crippen LogP) is 0.409. The predicted molar refractivity (Wildman–Crippen MR) is 73.2 cm³/mol. The molecule has 1 saturated heterocycles. The van der Waals surface area contributed by atoms with Crippen molar-refractivity contribution in [3.8, 4) is 0 Å². The van der Waals surface area contributed by atoms with Crippen molar-refractivity contribution in [1.82, 2.24) is 15.5 Å². The molecular weight excluding hydrogens is 262 g/mol. The van der Waals surface area contributed by atoms with Gasteiger partial charge in [-0.25, -0.2) is 4.79 Å². The van der Waals surface area contributed by atoms with E-state index in [1.807, 2.05) is 0 Å². The molecule has 0 aromatic carbocycles. The smallest absolute Gasteiger partial charge is 0.317 e. The Hall–Kier alpha value is -1.79. The summed E-state index contributed by atoms with van der Waals surface area (Å²) >= 11 is 0. The standard InChI is InChI=1S/C13H23N3O4/c1-10(17)14-6-7-15-13(20)16-8-4-11(5-9-16)2-3-12(18)19/h11H,2-9H2,1H3,(H,14,17)(H,15,20)(H,18,19). The average Bonchev–Trinajstić information content (AvgIpc) is 2.41. The van der Waals surface area contributed by atoms with E-state index in [0.29, 0.717) is 38.5 Å². The fourth-order valence-corrected chi connectivity index (χ4v) is 2.27. The molecule has 7 heteroatoms. The summed E-state index contributed by atoms with van der Waals surface area (Å²) < 4.78 is 0. The molecule has 0 aromatic rings. The number of amides is 3. The van der Waals surface area contributed by atoms with E-state index in [-0.39, 0.29) is 18.4 Å². The molecule has 0 radical (unpaired) electrons. The van der Waals surface area contributed by atoms with Crippen LogP contribution in [0, 0.1) is 5.92 Å². The molecule has 7 nitrogen and oxygen atoms in total. The second-order valence-electron chi connectivity index (χ2n) is 5.08. The fourth-order valence-electron chi connectivity index (χ4n) is 2.27. The number of carbonyl (C=O) groups is 3. The molecule has 3 amide bonds. The van der Waals surface area contributed by atoms with Gasteiger partial charge in [-0.1, -0.05) is 0 Å². The number of aliphatic carboxylic acids is 1. The first-order valence-electron chi connectivity index (χ1n) is 6.98. The highest BCUT2D eigenvalue weighted by atomic mass is 16.4. The molecule has 1 aliphatic rings. The molecule has 0 spiro atoms. The molecule has 114 valence electrons. The quantitative estimate of drug-likeness (QED) is 0.615. The lowest BCUT2D eigenvalue weighted by molar-refractivity contribution is -0.137. The summed E-state index contributed by atoms with van der Waals surface area (Å²) in [6.07, 6.45) is 2.60. The van der Waals surface area contributed by atoms with Gasteiger partial charge < -0.3 is 20.6 Å². The van der Waals surface area contributed by atoms with Gasteiger partial charge in [-0.3, -0.25) is 9.59 Å². The number of urea groups is 1. The van der Waals surface area contributed by atoms with Crippen LogP contribution in [0.3, 0.4) is 0 Å². The molecule has 3 N–H and O–H groups in total. The number of carbonyl (C=O) groups excluding carboxylic acids is 2. The van der Waals surface area contributed by atoms with E-state index in [9.17, 15) is 14.4 Å². The van der Waals surface area contributed by atoms with Gasteiger partial charge in [0.1, 0.15) is 0 Å². The number of hydrogen-bond acceptors (Lipinski definition) is 3. The number of hydrogen-bond donors (Lipinski definition) is 3. The number of piperidine rings is 1. The van der Waals surface area contributed by atoms with Crippen molar-refractivity contribution < 1.29 is 19.5 Å².